The summed E-state index contributed by atoms with van der Waals surface area (Å²) in [6.07, 6.45) is 8.00. The molecule has 0 saturated heterocycles. The van der Waals surface area contributed by atoms with Crippen LogP contribution in [-0.4, -0.2) is 28.7 Å². The summed E-state index contributed by atoms with van der Waals surface area (Å²) in [6.45, 7) is 15.5. The lowest BCUT2D eigenvalue weighted by Crippen LogP contribution is -2.43. The second-order valence-corrected chi connectivity index (χ2v) is 6.20. The van der Waals surface area contributed by atoms with Gasteiger partial charge in [0.15, 0.2) is 0 Å². The molecule has 0 aliphatic carbocycles. The molecule has 0 spiro atoms. The topological polar surface area (TPSA) is 23.5 Å². The standard InChI is InChI=1S/C21H33NO.C2H6.CH4/c1-6-8-9-11-14-17(3)21(23)19(5)22(7-2)18(4)20-15-12-10-13-16-20;1-2;/h6,8,10,12-16,18-19,21,23H,7,9,11H2,1-5H3;1-2H3;1H4/b8-6-,17-14+;;. The van der Waals surface area contributed by atoms with E-state index in [4.69, 9.17) is 0 Å². The maximum absolute atomic E-state index is 10.7. The van der Waals surface area contributed by atoms with Gasteiger partial charge in [-0.3, -0.25) is 4.90 Å². The van der Waals surface area contributed by atoms with Crippen LogP contribution in [0.15, 0.2) is 54.1 Å². The number of nitrogens with zero attached hydrogens (tertiary/aromatic N) is 1. The lowest BCUT2D eigenvalue weighted by Gasteiger charge is -2.36. The highest BCUT2D eigenvalue weighted by Crippen LogP contribution is 2.25. The number of allylic oxidation sites excluding steroid dienone is 3. The van der Waals surface area contributed by atoms with E-state index in [1.165, 1.54) is 5.56 Å². The molecule has 3 unspecified atom stereocenters. The van der Waals surface area contributed by atoms with Gasteiger partial charge in [0.2, 0.25) is 0 Å². The van der Waals surface area contributed by atoms with Crippen LogP contribution in [0.3, 0.4) is 0 Å². The van der Waals surface area contributed by atoms with Crippen LogP contribution in [0.1, 0.15) is 80.3 Å². The summed E-state index contributed by atoms with van der Waals surface area (Å²) in [5.74, 6) is 0. The minimum absolute atomic E-state index is 0. The molecule has 0 radical (unpaired) electrons. The van der Waals surface area contributed by atoms with Crippen molar-refractivity contribution >= 4 is 0 Å². The molecule has 0 bridgehead atoms. The van der Waals surface area contributed by atoms with E-state index in [9.17, 15) is 5.11 Å². The summed E-state index contributed by atoms with van der Waals surface area (Å²) in [7, 11) is 0. The third kappa shape index (κ3) is 8.82. The van der Waals surface area contributed by atoms with E-state index in [0.717, 1.165) is 25.0 Å². The Hall–Kier alpha value is -1.38. The van der Waals surface area contributed by atoms with E-state index in [-0.39, 0.29) is 13.5 Å². The highest BCUT2D eigenvalue weighted by molar-refractivity contribution is 5.19. The van der Waals surface area contributed by atoms with Crippen molar-refractivity contribution in [3.8, 4) is 0 Å². The average Bonchev–Trinajstić information content (AvgIpc) is 2.67. The molecule has 0 heterocycles. The second-order valence-electron chi connectivity index (χ2n) is 6.20. The van der Waals surface area contributed by atoms with Crippen LogP contribution >= 0.6 is 0 Å². The number of aliphatic hydroxyl groups excluding tert-OH is 1. The van der Waals surface area contributed by atoms with Gasteiger partial charge in [-0.05, 0) is 58.2 Å². The maximum Gasteiger partial charge on any atom is 0.0900 e. The first-order valence-corrected chi connectivity index (χ1v) is 9.79. The summed E-state index contributed by atoms with van der Waals surface area (Å²) >= 11 is 0. The minimum Gasteiger partial charge on any atom is -0.387 e. The van der Waals surface area contributed by atoms with Gasteiger partial charge in [-0.1, -0.05) is 76.8 Å². The number of hydrogen-bond acceptors (Lipinski definition) is 2. The molecule has 1 rings (SSSR count). The van der Waals surface area contributed by atoms with Crippen LogP contribution in [-0.2, 0) is 0 Å². The molecular weight excluding hydrogens is 318 g/mol. The molecule has 150 valence electrons. The second kappa shape index (κ2) is 15.8. The SMILES string of the molecule is C.C/C=C\CC/C=C(\C)C(O)C(C)N(CC)C(C)c1ccccc1.CC. The Kier molecular flexibility index (Phi) is 16.4. The molecule has 0 fully saturated rings. The molecule has 1 N–H and O–H groups in total. The van der Waals surface area contributed by atoms with Crippen molar-refractivity contribution in [2.24, 2.45) is 0 Å². The number of hydrogen-bond donors (Lipinski definition) is 1. The van der Waals surface area contributed by atoms with Crippen molar-refractivity contribution < 1.29 is 5.11 Å². The van der Waals surface area contributed by atoms with Crippen molar-refractivity contribution in [2.45, 2.75) is 86.9 Å². The molecule has 0 amide bonds. The van der Waals surface area contributed by atoms with Crippen molar-refractivity contribution in [2.75, 3.05) is 6.54 Å². The van der Waals surface area contributed by atoms with E-state index in [0.29, 0.717) is 6.04 Å². The summed E-state index contributed by atoms with van der Waals surface area (Å²) in [6, 6.07) is 10.9. The van der Waals surface area contributed by atoms with Gasteiger partial charge in [0.1, 0.15) is 0 Å². The fraction of sp³-hybridized carbons (Fsp3) is 0.583. The molecule has 3 atom stereocenters. The third-order valence-electron chi connectivity index (χ3n) is 4.63. The molecule has 0 aliphatic rings. The molecule has 0 aromatic heterocycles. The fourth-order valence-electron chi connectivity index (χ4n) is 3.09. The van der Waals surface area contributed by atoms with Crippen LogP contribution in [0, 0.1) is 0 Å². The van der Waals surface area contributed by atoms with Gasteiger partial charge < -0.3 is 5.11 Å². The maximum atomic E-state index is 10.7. The fourth-order valence-corrected chi connectivity index (χ4v) is 3.09. The Morgan fingerprint density at radius 2 is 1.69 bits per heavy atom. The first kappa shape index (κ1) is 26.8. The molecule has 1 aromatic carbocycles. The van der Waals surface area contributed by atoms with E-state index in [2.05, 4.69) is 68.2 Å². The van der Waals surface area contributed by atoms with Gasteiger partial charge in [-0.15, -0.1) is 0 Å². The Morgan fingerprint density at radius 1 is 1.12 bits per heavy atom. The zero-order valence-corrected chi connectivity index (χ0v) is 17.4. The molecule has 2 heteroatoms. The summed E-state index contributed by atoms with van der Waals surface area (Å²) in [5, 5.41) is 10.7. The lowest BCUT2D eigenvalue weighted by atomic mass is 9.98. The number of rotatable bonds is 9. The largest absolute Gasteiger partial charge is 0.387 e. The Morgan fingerprint density at radius 3 is 2.19 bits per heavy atom. The predicted octanol–water partition coefficient (Wildman–Crippen LogP) is 6.78. The van der Waals surface area contributed by atoms with Gasteiger partial charge in [0.25, 0.3) is 0 Å². The number of aliphatic hydroxyl groups is 1. The molecule has 0 saturated carbocycles. The average molecular weight is 362 g/mol. The van der Waals surface area contributed by atoms with Crippen LogP contribution in [0.5, 0.6) is 0 Å². The number of unbranched alkanes of at least 4 members (excludes halogenated alkanes) is 1. The van der Waals surface area contributed by atoms with Gasteiger partial charge >= 0.3 is 0 Å². The molecule has 26 heavy (non-hydrogen) atoms. The van der Waals surface area contributed by atoms with Crippen molar-refractivity contribution in [3.63, 3.8) is 0 Å². The van der Waals surface area contributed by atoms with E-state index in [1.54, 1.807) is 0 Å². The molecule has 0 aliphatic heterocycles. The monoisotopic (exact) mass is 361 g/mol. The Bertz CT molecular complexity index is 492. The minimum atomic E-state index is -0.424. The van der Waals surface area contributed by atoms with E-state index in [1.807, 2.05) is 33.8 Å². The Balaban J connectivity index is 0. The highest BCUT2D eigenvalue weighted by Gasteiger charge is 2.26. The van der Waals surface area contributed by atoms with Gasteiger partial charge in [-0.2, -0.15) is 0 Å². The van der Waals surface area contributed by atoms with Crippen LogP contribution in [0.25, 0.3) is 0 Å². The molecule has 2 nitrogen and oxygen atoms in total. The van der Waals surface area contributed by atoms with Crippen molar-refractivity contribution in [1.82, 2.24) is 4.90 Å². The summed E-state index contributed by atoms with van der Waals surface area (Å²) in [4.78, 5) is 2.36. The Labute approximate surface area is 163 Å². The number of benzene rings is 1. The van der Waals surface area contributed by atoms with Gasteiger partial charge in [0.05, 0.1) is 6.10 Å². The smallest absolute Gasteiger partial charge is 0.0900 e. The molecule has 1 aromatic rings. The van der Waals surface area contributed by atoms with Crippen molar-refractivity contribution in [1.29, 1.82) is 0 Å². The third-order valence-corrected chi connectivity index (χ3v) is 4.63. The van der Waals surface area contributed by atoms with Crippen LogP contribution in [0.2, 0.25) is 0 Å². The van der Waals surface area contributed by atoms with Gasteiger partial charge in [0, 0.05) is 12.1 Å². The zero-order chi connectivity index (χ0) is 19.2. The predicted molar refractivity (Wildman–Crippen MR) is 119 cm³/mol. The summed E-state index contributed by atoms with van der Waals surface area (Å²) < 4.78 is 0. The first-order chi connectivity index (χ1) is 12.0. The zero-order valence-electron chi connectivity index (χ0n) is 17.4. The van der Waals surface area contributed by atoms with E-state index < -0.39 is 6.10 Å². The number of likely N-dealkylation sites (N-methyl/N-ethyl adjacent to an activating group) is 1. The summed E-state index contributed by atoms with van der Waals surface area (Å²) in [5.41, 5.74) is 2.36. The van der Waals surface area contributed by atoms with Crippen LogP contribution in [0.4, 0.5) is 0 Å². The van der Waals surface area contributed by atoms with Gasteiger partial charge in [-0.25, -0.2) is 0 Å². The van der Waals surface area contributed by atoms with Crippen LogP contribution < -0.4 is 0 Å². The lowest BCUT2D eigenvalue weighted by molar-refractivity contribution is 0.0599. The van der Waals surface area contributed by atoms with Crippen molar-refractivity contribution in [3.05, 3.63) is 59.7 Å². The highest BCUT2D eigenvalue weighted by atomic mass is 16.3. The molecular formula is C24H43NO. The van der Waals surface area contributed by atoms with E-state index >= 15 is 0 Å². The first-order valence-electron chi connectivity index (χ1n) is 9.79. The normalized spacial score (nSPS) is 15.0. The quantitative estimate of drug-likeness (QED) is 0.387.